The summed E-state index contributed by atoms with van der Waals surface area (Å²) in [5.74, 6) is 1.35. The van der Waals surface area contributed by atoms with Crippen LogP contribution in [-0.2, 0) is 6.42 Å². The molecule has 1 unspecified atom stereocenters. The SMILES string of the molecule is CC(C)Oc1cncc(C(=O)NC2CCc3ccccc3OC2)c1. The van der Waals surface area contributed by atoms with Crippen LogP contribution in [0, 0.1) is 0 Å². The largest absolute Gasteiger partial charge is 0.491 e. The Balaban J connectivity index is 1.63. The Hall–Kier alpha value is -2.56. The summed E-state index contributed by atoms with van der Waals surface area (Å²) >= 11 is 0. The van der Waals surface area contributed by atoms with E-state index in [0.717, 1.165) is 18.6 Å². The summed E-state index contributed by atoms with van der Waals surface area (Å²) in [5, 5.41) is 3.03. The first-order valence-corrected chi connectivity index (χ1v) is 8.25. The predicted octanol–water partition coefficient (Wildman–Crippen LogP) is 2.99. The van der Waals surface area contributed by atoms with E-state index in [1.165, 1.54) is 5.56 Å². The fourth-order valence-electron chi connectivity index (χ4n) is 2.72. The number of rotatable bonds is 4. The van der Waals surface area contributed by atoms with Gasteiger partial charge in [0.05, 0.1) is 23.9 Å². The quantitative estimate of drug-likeness (QED) is 0.938. The second-order valence-corrected chi connectivity index (χ2v) is 6.20. The molecular formula is C19H22N2O3. The second-order valence-electron chi connectivity index (χ2n) is 6.20. The van der Waals surface area contributed by atoms with Gasteiger partial charge in [0.15, 0.2) is 0 Å². The van der Waals surface area contributed by atoms with E-state index >= 15 is 0 Å². The molecule has 1 N–H and O–H groups in total. The lowest BCUT2D eigenvalue weighted by Gasteiger charge is -2.16. The molecule has 0 saturated carbocycles. The van der Waals surface area contributed by atoms with E-state index in [0.29, 0.717) is 17.9 Å². The molecular weight excluding hydrogens is 304 g/mol. The third kappa shape index (κ3) is 4.04. The van der Waals surface area contributed by atoms with Crippen LogP contribution >= 0.6 is 0 Å². The number of nitrogens with one attached hydrogen (secondary N) is 1. The number of hydrogen-bond acceptors (Lipinski definition) is 4. The molecule has 1 aliphatic rings. The average molecular weight is 326 g/mol. The van der Waals surface area contributed by atoms with E-state index in [-0.39, 0.29) is 18.1 Å². The molecule has 1 aromatic heterocycles. The van der Waals surface area contributed by atoms with Gasteiger partial charge in [0.1, 0.15) is 18.1 Å². The van der Waals surface area contributed by atoms with Crippen molar-refractivity contribution in [2.45, 2.75) is 38.8 Å². The number of nitrogens with zero attached hydrogens (tertiary/aromatic N) is 1. The van der Waals surface area contributed by atoms with Crippen LogP contribution in [-0.4, -0.2) is 29.6 Å². The highest BCUT2D eigenvalue weighted by Gasteiger charge is 2.19. The number of benzene rings is 1. The number of ether oxygens (including phenoxy) is 2. The zero-order valence-corrected chi connectivity index (χ0v) is 14.0. The zero-order chi connectivity index (χ0) is 16.9. The van der Waals surface area contributed by atoms with Gasteiger partial charge in [-0.25, -0.2) is 0 Å². The molecule has 0 spiro atoms. The molecule has 1 atom stereocenters. The van der Waals surface area contributed by atoms with E-state index in [1.807, 2.05) is 32.0 Å². The summed E-state index contributed by atoms with van der Waals surface area (Å²) < 4.78 is 11.4. The minimum absolute atomic E-state index is 0.0282. The lowest BCUT2D eigenvalue weighted by Crippen LogP contribution is -2.38. The number of carbonyl (C=O) groups is 1. The number of amides is 1. The molecule has 0 saturated heterocycles. The number of pyridine rings is 1. The Labute approximate surface area is 142 Å². The first kappa shape index (κ1) is 16.3. The molecule has 5 nitrogen and oxygen atoms in total. The van der Waals surface area contributed by atoms with Crippen molar-refractivity contribution in [3.05, 3.63) is 53.9 Å². The van der Waals surface area contributed by atoms with Gasteiger partial charge in [0.2, 0.25) is 0 Å². The third-order valence-corrected chi connectivity index (χ3v) is 3.86. The van der Waals surface area contributed by atoms with Gasteiger partial charge in [-0.3, -0.25) is 9.78 Å². The molecule has 0 radical (unpaired) electrons. The smallest absolute Gasteiger partial charge is 0.253 e. The topological polar surface area (TPSA) is 60.5 Å². The van der Waals surface area contributed by atoms with Crippen molar-refractivity contribution in [1.29, 1.82) is 0 Å². The maximum Gasteiger partial charge on any atom is 0.253 e. The molecule has 5 heteroatoms. The lowest BCUT2D eigenvalue weighted by atomic mass is 10.1. The van der Waals surface area contributed by atoms with Gasteiger partial charge in [0.25, 0.3) is 5.91 Å². The highest BCUT2D eigenvalue weighted by molar-refractivity contribution is 5.94. The van der Waals surface area contributed by atoms with Crippen LogP contribution in [0.5, 0.6) is 11.5 Å². The van der Waals surface area contributed by atoms with Gasteiger partial charge in [-0.1, -0.05) is 18.2 Å². The van der Waals surface area contributed by atoms with Crippen LogP contribution in [0.4, 0.5) is 0 Å². The first-order valence-electron chi connectivity index (χ1n) is 8.25. The maximum absolute atomic E-state index is 12.5. The van der Waals surface area contributed by atoms with Crippen LogP contribution in [0.3, 0.4) is 0 Å². The Bertz CT molecular complexity index is 688. The summed E-state index contributed by atoms with van der Waals surface area (Å²) in [6.45, 7) is 4.35. The molecule has 24 heavy (non-hydrogen) atoms. The summed E-state index contributed by atoms with van der Waals surface area (Å²) in [5.41, 5.74) is 1.68. The molecule has 1 aliphatic heterocycles. The second kappa shape index (κ2) is 7.34. The summed E-state index contributed by atoms with van der Waals surface area (Å²) in [4.78, 5) is 16.6. The molecule has 2 heterocycles. The molecule has 2 aromatic rings. The highest BCUT2D eigenvalue weighted by Crippen LogP contribution is 2.23. The lowest BCUT2D eigenvalue weighted by molar-refractivity contribution is 0.0920. The van der Waals surface area contributed by atoms with E-state index < -0.39 is 0 Å². The summed E-state index contributed by atoms with van der Waals surface area (Å²) in [7, 11) is 0. The van der Waals surface area contributed by atoms with Gasteiger partial charge in [-0.15, -0.1) is 0 Å². The third-order valence-electron chi connectivity index (χ3n) is 3.86. The number of para-hydroxylation sites is 1. The Morgan fingerprint density at radius 2 is 2.17 bits per heavy atom. The average Bonchev–Trinajstić information content (AvgIpc) is 2.77. The van der Waals surface area contributed by atoms with Crippen LogP contribution in [0.1, 0.15) is 36.2 Å². The summed E-state index contributed by atoms with van der Waals surface area (Å²) in [6, 6.07) is 9.69. The first-order chi connectivity index (χ1) is 11.6. The van der Waals surface area contributed by atoms with Crippen molar-refractivity contribution < 1.29 is 14.3 Å². The van der Waals surface area contributed by atoms with Gasteiger partial charge in [-0.05, 0) is 44.4 Å². The molecule has 1 amide bonds. The molecule has 0 aliphatic carbocycles. The van der Waals surface area contributed by atoms with E-state index in [4.69, 9.17) is 9.47 Å². The minimum Gasteiger partial charge on any atom is -0.491 e. The van der Waals surface area contributed by atoms with Gasteiger partial charge < -0.3 is 14.8 Å². The molecule has 3 rings (SSSR count). The van der Waals surface area contributed by atoms with Crippen molar-refractivity contribution in [1.82, 2.24) is 10.3 Å². The van der Waals surface area contributed by atoms with Crippen molar-refractivity contribution >= 4 is 5.91 Å². The standard InChI is InChI=1S/C19H22N2O3/c1-13(2)24-17-9-15(10-20-11-17)19(22)21-16-8-7-14-5-3-4-6-18(14)23-12-16/h3-6,9-11,13,16H,7-8,12H2,1-2H3,(H,21,22). The molecule has 1 aromatic carbocycles. The van der Waals surface area contributed by atoms with Crippen LogP contribution in [0.2, 0.25) is 0 Å². The van der Waals surface area contributed by atoms with Crippen LogP contribution in [0.15, 0.2) is 42.7 Å². The van der Waals surface area contributed by atoms with Crippen LogP contribution < -0.4 is 14.8 Å². The predicted molar refractivity (Wildman–Crippen MR) is 91.5 cm³/mol. The zero-order valence-electron chi connectivity index (χ0n) is 14.0. The number of fused-ring (bicyclic) bond motifs is 1. The number of carbonyl (C=O) groups excluding carboxylic acids is 1. The van der Waals surface area contributed by atoms with Crippen LogP contribution in [0.25, 0.3) is 0 Å². The monoisotopic (exact) mass is 326 g/mol. The minimum atomic E-state index is -0.156. The maximum atomic E-state index is 12.5. The Kier molecular flexibility index (Phi) is 4.99. The van der Waals surface area contributed by atoms with Gasteiger partial charge >= 0.3 is 0 Å². The summed E-state index contributed by atoms with van der Waals surface area (Å²) in [6.07, 6.45) is 4.93. The number of hydrogen-bond donors (Lipinski definition) is 1. The van der Waals surface area contributed by atoms with Gasteiger partial charge in [-0.2, -0.15) is 0 Å². The van der Waals surface area contributed by atoms with Crippen molar-refractivity contribution in [2.75, 3.05) is 6.61 Å². The van der Waals surface area contributed by atoms with E-state index in [1.54, 1.807) is 18.5 Å². The Morgan fingerprint density at radius 1 is 1.33 bits per heavy atom. The van der Waals surface area contributed by atoms with Crippen molar-refractivity contribution in [2.24, 2.45) is 0 Å². The Morgan fingerprint density at radius 3 is 3.00 bits per heavy atom. The molecule has 0 fully saturated rings. The van der Waals surface area contributed by atoms with E-state index in [2.05, 4.69) is 16.4 Å². The number of aromatic nitrogens is 1. The van der Waals surface area contributed by atoms with E-state index in [9.17, 15) is 4.79 Å². The number of aryl methyl sites for hydroxylation is 1. The normalized spacial score (nSPS) is 16.7. The van der Waals surface area contributed by atoms with Gasteiger partial charge in [0, 0.05) is 6.20 Å². The molecule has 126 valence electrons. The van der Waals surface area contributed by atoms with Crippen molar-refractivity contribution in [3.63, 3.8) is 0 Å². The fraction of sp³-hybridized carbons (Fsp3) is 0.368. The molecule has 0 bridgehead atoms. The fourth-order valence-corrected chi connectivity index (χ4v) is 2.72. The highest BCUT2D eigenvalue weighted by atomic mass is 16.5. The van der Waals surface area contributed by atoms with Crippen molar-refractivity contribution in [3.8, 4) is 11.5 Å².